The molecule has 0 bridgehead atoms. The molecule has 1 atom stereocenters. The van der Waals surface area contributed by atoms with Gasteiger partial charge in [-0.3, -0.25) is 4.79 Å². The highest BCUT2D eigenvalue weighted by atomic mass is 16.5. The fraction of sp³-hybridized carbons (Fsp3) is 0.500. The van der Waals surface area contributed by atoms with Crippen molar-refractivity contribution in [1.29, 1.82) is 0 Å². The first-order valence-electron chi connectivity index (χ1n) is 6.37. The topological polar surface area (TPSA) is 50.4 Å². The number of amides is 1. The third-order valence-electron chi connectivity index (χ3n) is 3.30. The Labute approximate surface area is 108 Å². The van der Waals surface area contributed by atoms with Crippen LogP contribution in [0.3, 0.4) is 0 Å². The van der Waals surface area contributed by atoms with E-state index >= 15 is 0 Å². The lowest BCUT2D eigenvalue weighted by Gasteiger charge is -2.23. The van der Waals surface area contributed by atoms with E-state index in [-0.39, 0.29) is 11.9 Å². The number of methoxy groups -OCH3 is 1. The average molecular weight is 248 g/mol. The van der Waals surface area contributed by atoms with Crippen LogP contribution < -0.4 is 15.4 Å². The van der Waals surface area contributed by atoms with Crippen molar-refractivity contribution in [1.82, 2.24) is 10.6 Å². The van der Waals surface area contributed by atoms with Gasteiger partial charge in [-0.2, -0.15) is 0 Å². The minimum absolute atomic E-state index is 0.0259. The van der Waals surface area contributed by atoms with Crippen molar-refractivity contribution >= 4 is 5.91 Å². The number of benzene rings is 1. The maximum absolute atomic E-state index is 12.1. The molecule has 1 fully saturated rings. The number of carbonyl (C=O) groups excluding carboxylic acids is 1. The zero-order chi connectivity index (χ0) is 13.0. The molecule has 18 heavy (non-hydrogen) atoms. The van der Waals surface area contributed by atoms with Crippen LogP contribution in [-0.2, 0) is 0 Å². The Morgan fingerprint density at radius 2 is 2.33 bits per heavy atom. The number of nitrogens with one attached hydrogen (secondary N) is 2. The van der Waals surface area contributed by atoms with Crippen LogP contribution in [0.15, 0.2) is 18.2 Å². The van der Waals surface area contributed by atoms with Gasteiger partial charge in [0, 0.05) is 18.2 Å². The lowest BCUT2D eigenvalue weighted by molar-refractivity contribution is 0.0930. The summed E-state index contributed by atoms with van der Waals surface area (Å²) < 4.78 is 5.23. The lowest BCUT2D eigenvalue weighted by atomic mass is 10.1. The third kappa shape index (κ3) is 3.01. The van der Waals surface area contributed by atoms with E-state index in [1.165, 1.54) is 0 Å². The van der Waals surface area contributed by atoms with Crippen LogP contribution in [-0.4, -0.2) is 32.1 Å². The van der Waals surface area contributed by atoms with Gasteiger partial charge in [-0.25, -0.2) is 0 Å². The van der Waals surface area contributed by atoms with Crippen molar-refractivity contribution in [3.8, 4) is 5.75 Å². The van der Waals surface area contributed by atoms with Gasteiger partial charge in [0.25, 0.3) is 5.91 Å². The second-order valence-corrected chi connectivity index (χ2v) is 4.70. The first kappa shape index (κ1) is 12.9. The fourth-order valence-corrected chi connectivity index (χ4v) is 2.20. The van der Waals surface area contributed by atoms with E-state index in [0.717, 1.165) is 37.2 Å². The van der Waals surface area contributed by atoms with Crippen molar-refractivity contribution in [3.63, 3.8) is 0 Å². The molecule has 0 spiro atoms. The number of rotatable bonds is 3. The Bertz CT molecular complexity index is 426. The molecule has 4 heteroatoms. The minimum Gasteiger partial charge on any atom is -0.496 e. The van der Waals surface area contributed by atoms with E-state index < -0.39 is 0 Å². The van der Waals surface area contributed by atoms with E-state index in [1.54, 1.807) is 13.2 Å². The molecule has 0 aliphatic carbocycles. The van der Waals surface area contributed by atoms with Crippen LogP contribution in [0.25, 0.3) is 0 Å². The zero-order valence-electron chi connectivity index (χ0n) is 11.0. The molecule has 1 heterocycles. The second-order valence-electron chi connectivity index (χ2n) is 4.70. The summed E-state index contributed by atoms with van der Waals surface area (Å²) in [6, 6.07) is 5.77. The summed E-state index contributed by atoms with van der Waals surface area (Å²) in [5.41, 5.74) is 1.69. The number of ether oxygens (including phenoxy) is 1. The fourth-order valence-electron chi connectivity index (χ4n) is 2.20. The largest absolute Gasteiger partial charge is 0.496 e. The molecule has 0 radical (unpaired) electrons. The van der Waals surface area contributed by atoms with Gasteiger partial charge in [-0.05, 0) is 44.0 Å². The van der Waals surface area contributed by atoms with Crippen molar-refractivity contribution < 1.29 is 9.53 Å². The first-order valence-corrected chi connectivity index (χ1v) is 6.37. The van der Waals surface area contributed by atoms with Crippen LogP contribution >= 0.6 is 0 Å². The molecule has 4 nitrogen and oxygen atoms in total. The highest BCUT2D eigenvalue weighted by Gasteiger charge is 2.16. The van der Waals surface area contributed by atoms with E-state index in [9.17, 15) is 4.79 Å². The molecule has 1 saturated heterocycles. The molecule has 98 valence electrons. The van der Waals surface area contributed by atoms with Crippen molar-refractivity contribution in [2.45, 2.75) is 25.8 Å². The van der Waals surface area contributed by atoms with Gasteiger partial charge >= 0.3 is 0 Å². The molecule has 1 aliphatic rings. The third-order valence-corrected chi connectivity index (χ3v) is 3.30. The van der Waals surface area contributed by atoms with Gasteiger partial charge < -0.3 is 15.4 Å². The van der Waals surface area contributed by atoms with Gasteiger partial charge in [0.15, 0.2) is 0 Å². The van der Waals surface area contributed by atoms with Gasteiger partial charge in [-0.15, -0.1) is 0 Å². The van der Waals surface area contributed by atoms with E-state index in [1.807, 2.05) is 19.1 Å². The summed E-state index contributed by atoms with van der Waals surface area (Å²) in [6.45, 7) is 3.87. The Morgan fingerprint density at radius 1 is 1.50 bits per heavy atom. The molecule has 2 N–H and O–H groups in total. The lowest BCUT2D eigenvalue weighted by Crippen LogP contribution is -2.45. The molecular formula is C14H20N2O2. The quantitative estimate of drug-likeness (QED) is 0.852. The van der Waals surface area contributed by atoms with Crippen molar-refractivity contribution in [2.24, 2.45) is 0 Å². The van der Waals surface area contributed by atoms with E-state index in [0.29, 0.717) is 5.56 Å². The van der Waals surface area contributed by atoms with Crippen LogP contribution in [0, 0.1) is 6.92 Å². The van der Waals surface area contributed by atoms with E-state index in [2.05, 4.69) is 10.6 Å². The molecule has 2 rings (SSSR count). The Kier molecular flexibility index (Phi) is 4.20. The van der Waals surface area contributed by atoms with E-state index in [4.69, 9.17) is 4.74 Å². The van der Waals surface area contributed by atoms with Crippen molar-refractivity contribution in [2.75, 3.05) is 20.2 Å². The van der Waals surface area contributed by atoms with Gasteiger partial charge in [0.1, 0.15) is 5.75 Å². The molecule has 0 aromatic heterocycles. The standard InChI is InChI=1S/C14H20N2O2/c1-10-5-6-11(8-13(10)18-2)14(17)16-12-4-3-7-15-9-12/h5-6,8,12,15H,3-4,7,9H2,1-2H3,(H,16,17)/t12-/m1/s1. The summed E-state index contributed by atoms with van der Waals surface area (Å²) in [4.78, 5) is 12.1. The maximum Gasteiger partial charge on any atom is 0.251 e. The Balaban J connectivity index is 2.03. The molecular weight excluding hydrogens is 228 g/mol. The molecule has 0 saturated carbocycles. The summed E-state index contributed by atoms with van der Waals surface area (Å²) in [7, 11) is 1.62. The van der Waals surface area contributed by atoms with Crippen LogP contribution in [0.2, 0.25) is 0 Å². The number of aryl methyl sites for hydroxylation is 1. The number of hydrogen-bond acceptors (Lipinski definition) is 3. The summed E-state index contributed by atoms with van der Waals surface area (Å²) in [5.74, 6) is 0.728. The van der Waals surface area contributed by atoms with Crippen LogP contribution in [0.1, 0.15) is 28.8 Å². The molecule has 1 amide bonds. The zero-order valence-corrected chi connectivity index (χ0v) is 11.0. The normalized spacial score (nSPS) is 19.3. The molecule has 1 aliphatic heterocycles. The predicted molar refractivity (Wildman–Crippen MR) is 71.1 cm³/mol. The summed E-state index contributed by atoms with van der Waals surface area (Å²) in [5, 5.41) is 6.33. The predicted octanol–water partition coefficient (Wildman–Crippen LogP) is 1.49. The maximum atomic E-state index is 12.1. The van der Waals surface area contributed by atoms with Gasteiger partial charge in [-0.1, -0.05) is 6.07 Å². The number of carbonyl (C=O) groups is 1. The summed E-state index contributed by atoms with van der Waals surface area (Å²) in [6.07, 6.45) is 2.16. The molecule has 1 aromatic rings. The Hall–Kier alpha value is -1.55. The number of piperidine rings is 1. The van der Waals surface area contributed by atoms with Crippen LogP contribution in [0.5, 0.6) is 5.75 Å². The molecule has 1 aromatic carbocycles. The highest BCUT2D eigenvalue weighted by Crippen LogP contribution is 2.19. The smallest absolute Gasteiger partial charge is 0.251 e. The first-order chi connectivity index (χ1) is 8.70. The average Bonchev–Trinajstić information content (AvgIpc) is 2.40. The van der Waals surface area contributed by atoms with Gasteiger partial charge in [0.2, 0.25) is 0 Å². The number of hydrogen-bond donors (Lipinski definition) is 2. The van der Waals surface area contributed by atoms with Gasteiger partial charge in [0.05, 0.1) is 7.11 Å². The van der Waals surface area contributed by atoms with Crippen molar-refractivity contribution in [3.05, 3.63) is 29.3 Å². The van der Waals surface area contributed by atoms with Crippen LogP contribution in [0.4, 0.5) is 0 Å². The highest BCUT2D eigenvalue weighted by molar-refractivity contribution is 5.94. The second kappa shape index (κ2) is 5.87. The Morgan fingerprint density at radius 3 is 3.00 bits per heavy atom. The monoisotopic (exact) mass is 248 g/mol. The minimum atomic E-state index is -0.0259. The molecule has 0 unspecified atom stereocenters. The SMILES string of the molecule is COc1cc(C(=O)N[C@@H]2CCCNC2)ccc1C. The summed E-state index contributed by atoms with van der Waals surface area (Å²) >= 11 is 0.